The molecule has 0 unspecified atom stereocenters. The topological polar surface area (TPSA) is 80.5 Å². The second kappa shape index (κ2) is 6.55. The van der Waals surface area contributed by atoms with Crippen molar-refractivity contribution in [3.63, 3.8) is 0 Å². The van der Waals surface area contributed by atoms with Crippen LogP contribution in [0.25, 0.3) is 0 Å². The van der Waals surface area contributed by atoms with Crippen molar-refractivity contribution in [2.75, 3.05) is 7.05 Å². The first-order chi connectivity index (χ1) is 10.3. The van der Waals surface area contributed by atoms with Crippen molar-refractivity contribution in [3.8, 4) is 0 Å². The molecule has 0 fully saturated rings. The highest BCUT2D eigenvalue weighted by molar-refractivity contribution is 9.10. The van der Waals surface area contributed by atoms with Crippen LogP contribution in [0.2, 0.25) is 0 Å². The van der Waals surface area contributed by atoms with Crippen LogP contribution >= 0.6 is 15.9 Å². The van der Waals surface area contributed by atoms with Crippen LogP contribution in [0.5, 0.6) is 0 Å². The molecule has 6 nitrogen and oxygen atoms in total. The minimum absolute atomic E-state index is 0.127. The highest BCUT2D eigenvalue weighted by atomic mass is 79.9. The summed E-state index contributed by atoms with van der Waals surface area (Å²) in [4.78, 5) is 10.0. The Labute approximate surface area is 136 Å². The number of nitro benzene ring substituents is 1. The van der Waals surface area contributed by atoms with Crippen LogP contribution in [0.4, 0.5) is 5.69 Å². The molecule has 0 saturated heterocycles. The lowest BCUT2D eigenvalue weighted by molar-refractivity contribution is -0.387. The Morgan fingerprint density at radius 3 is 2.32 bits per heavy atom. The van der Waals surface area contributed by atoms with Crippen LogP contribution in [0.3, 0.4) is 0 Å². The van der Waals surface area contributed by atoms with Crippen molar-refractivity contribution in [2.24, 2.45) is 0 Å². The maximum atomic E-state index is 12.5. The predicted octanol–water partition coefficient (Wildman–Crippen LogP) is 3.18. The van der Waals surface area contributed by atoms with Gasteiger partial charge in [-0.2, -0.15) is 4.31 Å². The summed E-state index contributed by atoms with van der Waals surface area (Å²) >= 11 is 3.31. The van der Waals surface area contributed by atoms with Gasteiger partial charge in [0, 0.05) is 24.1 Å². The summed E-state index contributed by atoms with van der Waals surface area (Å²) in [5, 5.41) is 11.0. The molecule has 116 valence electrons. The molecule has 0 bridgehead atoms. The number of hydrogen-bond acceptors (Lipinski definition) is 4. The Morgan fingerprint density at radius 2 is 1.73 bits per heavy atom. The first-order valence-electron chi connectivity index (χ1n) is 6.26. The quantitative estimate of drug-likeness (QED) is 0.585. The van der Waals surface area contributed by atoms with Gasteiger partial charge < -0.3 is 0 Å². The number of rotatable bonds is 5. The second-order valence-electron chi connectivity index (χ2n) is 4.61. The van der Waals surface area contributed by atoms with Crippen molar-refractivity contribution < 1.29 is 13.3 Å². The Kier molecular flexibility index (Phi) is 4.94. The number of nitrogens with zero attached hydrogens (tertiary/aromatic N) is 2. The number of hydrogen-bond donors (Lipinski definition) is 0. The summed E-state index contributed by atoms with van der Waals surface area (Å²) in [5.41, 5.74) is 0.359. The summed E-state index contributed by atoms with van der Waals surface area (Å²) in [5.74, 6) is 0. The summed E-state index contributed by atoms with van der Waals surface area (Å²) in [6, 6.07) is 12.5. The first-order valence-corrected chi connectivity index (χ1v) is 8.50. The molecule has 0 aliphatic heterocycles. The normalized spacial score (nSPS) is 11.6. The summed E-state index contributed by atoms with van der Waals surface area (Å²) in [6.07, 6.45) is 0. The number of nitro groups is 1. The van der Waals surface area contributed by atoms with Crippen molar-refractivity contribution in [1.82, 2.24) is 4.31 Å². The van der Waals surface area contributed by atoms with Gasteiger partial charge >= 0.3 is 0 Å². The molecule has 8 heteroatoms. The van der Waals surface area contributed by atoms with Crippen LogP contribution < -0.4 is 0 Å². The van der Waals surface area contributed by atoms with E-state index in [0.29, 0.717) is 0 Å². The van der Waals surface area contributed by atoms with E-state index < -0.39 is 20.6 Å². The van der Waals surface area contributed by atoms with Crippen molar-refractivity contribution >= 4 is 31.6 Å². The fourth-order valence-corrected chi connectivity index (χ4v) is 3.50. The van der Waals surface area contributed by atoms with Gasteiger partial charge in [-0.05, 0) is 23.8 Å². The Morgan fingerprint density at radius 1 is 1.14 bits per heavy atom. The van der Waals surface area contributed by atoms with E-state index in [1.54, 1.807) is 24.3 Å². The molecule has 0 radical (unpaired) electrons. The third kappa shape index (κ3) is 3.52. The lowest BCUT2D eigenvalue weighted by Crippen LogP contribution is -2.27. The maximum absolute atomic E-state index is 12.5. The number of benzene rings is 2. The monoisotopic (exact) mass is 384 g/mol. The molecule has 2 aromatic carbocycles. The van der Waals surface area contributed by atoms with Crippen molar-refractivity contribution in [1.29, 1.82) is 0 Å². The molecule has 0 N–H and O–H groups in total. The van der Waals surface area contributed by atoms with Gasteiger partial charge in [-0.25, -0.2) is 8.42 Å². The smallest absolute Gasteiger partial charge is 0.258 e. The summed E-state index contributed by atoms with van der Waals surface area (Å²) in [7, 11) is -2.55. The molecular formula is C14H13BrN2O4S. The van der Waals surface area contributed by atoms with E-state index in [4.69, 9.17) is 0 Å². The van der Waals surface area contributed by atoms with Crippen LogP contribution in [-0.2, 0) is 16.6 Å². The molecule has 0 atom stereocenters. The molecular weight excluding hydrogens is 372 g/mol. The zero-order valence-corrected chi connectivity index (χ0v) is 14.0. The molecule has 0 heterocycles. The average molecular weight is 385 g/mol. The van der Waals surface area contributed by atoms with Gasteiger partial charge in [-0.1, -0.05) is 40.2 Å². The average Bonchev–Trinajstić information content (AvgIpc) is 2.49. The van der Waals surface area contributed by atoms with E-state index in [-0.39, 0.29) is 11.4 Å². The second-order valence-corrected chi connectivity index (χ2v) is 7.54. The predicted molar refractivity (Wildman–Crippen MR) is 85.9 cm³/mol. The van der Waals surface area contributed by atoms with Gasteiger partial charge in [0.05, 0.1) is 4.92 Å². The molecule has 0 aliphatic rings. The summed E-state index contributed by atoms with van der Waals surface area (Å²) in [6.45, 7) is 0.127. The molecule has 0 saturated carbocycles. The molecule has 0 aromatic heterocycles. The van der Waals surface area contributed by atoms with E-state index in [1.807, 2.05) is 0 Å². The van der Waals surface area contributed by atoms with Gasteiger partial charge in [0.15, 0.2) is 4.90 Å². The van der Waals surface area contributed by atoms with Crippen LogP contribution in [0.1, 0.15) is 5.56 Å². The maximum Gasteiger partial charge on any atom is 0.289 e. The minimum Gasteiger partial charge on any atom is -0.258 e. The lowest BCUT2D eigenvalue weighted by atomic mass is 10.2. The van der Waals surface area contributed by atoms with Crippen LogP contribution in [-0.4, -0.2) is 24.7 Å². The molecule has 2 rings (SSSR count). The Hall–Kier alpha value is -1.77. The standard InChI is InChI=1S/C14H13BrN2O4S/c1-16(10-11-6-8-12(15)9-7-11)22(20,21)14-5-3-2-4-13(14)17(18)19/h2-9H,10H2,1H3. The zero-order chi connectivity index (χ0) is 16.3. The van der Waals surface area contributed by atoms with Gasteiger partial charge in [0.1, 0.15) is 0 Å². The van der Waals surface area contributed by atoms with E-state index in [0.717, 1.165) is 14.3 Å². The highest BCUT2D eigenvalue weighted by Gasteiger charge is 2.28. The largest absolute Gasteiger partial charge is 0.289 e. The van der Waals surface area contributed by atoms with Gasteiger partial charge in [-0.3, -0.25) is 10.1 Å². The third-order valence-electron chi connectivity index (χ3n) is 3.07. The Balaban J connectivity index is 2.34. The first kappa shape index (κ1) is 16.6. The fraction of sp³-hybridized carbons (Fsp3) is 0.143. The minimum atomic E-state index is -3.94. The van der Waals surface area contributed by atoms with E-state index in [2.05, 4.69) is 15.9 Å². The Bertz CT molecular complexity index is 791. The highest BCUT2D eigenvalue weighted by Crippen LogP contribution is 2.26. The summed E-state index contributed by atoms with van der Waals surface area (Å²) < 4.78 is 27.1. The van der Waals surface area contributed by atoms with Crippen LogP contribution in [0.15, 0.2) is 57.9 Å². The zero-order valence-electron chi connectivity index (χ0n) is 11.6. The number of para-hydroxylation sites is 1. The molecule has 22 heavy (non-hydrogen) atoms. The van der Waals surface area contributed by atoms with Gasteiger partial charge in [0.25, 0.3) is 5.69 Å². The molecule has 0 amide bonds. The van der Waals surface area contributed by atoms with E-state index in [9.17, 15) is 18.5 Å². The van der Waals surface area contributed by atoms with Gasteiger partial charge in [0.2, 0.25) is 10.0 Å². The van der Waals surface area contributed by atoms with Crippen LogP contribution in [0, 0.1) is 10.1 Å². The lowest BCUT2D eigenvalue weighted by Gasteiger charge is -2.17. The number of halogens is 1. The third-order valence-corrected chi connectivity index (χ3v) is 5.45. The van der Waals surface area contributed by atoms with Crippen molar-refractivity contribution in [2.45, 2.75) is 11.4 Å². The molecule has 0 spiro atoms. The van der Waals surface area contributed by atoms with E-state index >= 15 is 0 Å². The molecule has 2 aromatic rings. The van der Waals surface area contributed by atoms with Gasteiger partial charge in [-0.15, -0.1) is 0 Å². The fourth-order valence-electron chi connectivity index (χ4n) is 1.93. The number of sulfonamides is 1. The van der Waals surface area contributed by atoms with Crippen molar-refractivity contribution in [3.05, 3.63) is 68.7 Å². The molecule has 0 aliphatic carbocycles. The van der Waals surface area contributed by atoms with E-state index in [1.165, 1.54) is 31.3 Å². The SMILES string of the molecule is CN(Cc1ccc(Br)cc1)S(=O)(=O)c1ccccc1[N+](=O)[O-].